The van der Waals surface area contributed by atoms with Crippen molar-refractivity contribution in [2.45, 2.75) is 64.5 Å². The number of allylic oxidation sites excluding steroid dienone is 2. The van der Waals surface area contributed by atoms with Gasteiger partial charge in [-0.2, -0.15) is 0 Å². The SMILES string of the molecule is CCC(c1ccccc1)S1(N(CC)CC)C=CC(C2CCCCC2)=C1. The van der Waals surface area contributed by atoms with E-state index in [1.807, 2.05) is 0 Å². The average Bonchev–Trinajstić information content (AvgIpc) is 3.11. The van der Waals surface area contributed by atoms with Crippen molar-refractivity contribution in [3.8, 4) is 0 Å². The Morgan fingerprint density at radius 2 is 1.68 bits per heavy atom. The van der Waals surface area contributed by atoms with Crippen LogP contribution in [0.1, 0.15) is 70.1 Å². The van der Waals surface area contributed by atoms with Crippen LogP contribution in [0.4, 0.5) is 0 Å². The molecule has 0 radical (unpaired) electrons. The van der Waals surface area contributed by atoms with Gasteiger partial charge in [0.1, 0.15) is 0 Å². The number of benzene rings is 1. The molecule has 2 heteroatoms. The average molecular weight is 358 g/mol. The maximum absolute atomic E-state index is 2.75. The van der Waals surface area contributed by atoms with E-state index in [2.05, 4.69) is 72.3 Å². The lowest BCUT2D eigenvalue weighted by Gasteiger charge is -2.48. The Morgan fingerprint density at radius 3 is 2.28 bits per heavy atom. The van der Waals surface area contributed by atoms with Gasteiger partial charge < -0.3 is 0 Å². The van der Waals surface area contributed by atoms with E-state index < -0.39 is 10.2 Å². The predicted molar refractivity (Wildman–Crippen MR) is 114 cm³/mol. The maximum atomic E-state index is 2.75. The predicted octanol–water partition coefficient (Wildman–Crippen LogP) is 7.19. The van der Waals surface area contributed by atoms with Gasteiger partial charge in [-0.25, -0.2) is 0 Å². The first kappa shape index (κ1) is 18.8. The van der Waals surface area contributed by atoms with Crippen LogP contribution in [0.15, 0.2) is 52.8 Å². The molecule has 2 aliphatic rings. The van der Waals surface area contributed by atoms with Gasteiger partial charge in [-0.15, -0.1) is 10.2 Å². The molecule has 1 nitrogen and oxygen atoms in total. The van der Waals surface area contributed by atoms with Crippen LogP contribution < -0.4 is 0 Å². The largest absolute Gasteiger partial charge is 0.261 e. The fourth-order valence-corrected chi connectivity index (χ4v) is 8.95. The first-order valence-electron chi connectivity index (χ1n) is 10.3. The van der Waals surface area contributed by atoms with E-state index >= 15 is 0 Å². The minimum Gasteiger partial charge on any atom is -0.261 e. The molecule has 0 N–H and O–H groups in total. The van der Waals surface area contributed by atoms with Crippen molar-refractivity contribution in [2.75, 3.05) is 13.1 Å². The van der Waals surface area contributed by atoms with E-state index in [1.54, 1.807) is 5.57 Å². The van der Waals surface area contributed by atoms with E-state index in [0.29, 0.717) is 5.25 Å². The molecule has 1 fully saturated rings. The lowest BCUT2D eigenvalue weighted by atomic mass is 9.84. The summed E-state index contributed by atoms with van der Waals surface area (Å²) >= 11 is 0. The highest BCUT2D eigenvalue weighted by Gasteiger charge is 2.37. The zero-order valence-corrected chi connectivity index (χ0v) is 17.1. The highest BCUT2D eigenvalue weighted by atomic mass is 32.3. The summed E-state index contributed by atoms with van der Waals surface area (Å²) < 4.78 is 2.75. The van der Waals surface area contributed by atoms with Gasteiger partial charge in [-0.3, -0.25) is 4.31 Å². The van der Waals surface area contributed by atoms with Crippen molar-refractivity contribution in [3.05, 3.63) is 58.4 Å². The van der Waals surface area contributed by atoms with Crippen LogP contribution in [0, 0.1) is 5.92 Å². The molecule has 2 unspecified atom stereocenters. The zero-order valence-electron chi connectivity index (χ0n) is 16.3. The molecule has 1 heterocycles. The lowest BCUT2D eigenvalue weighted by Crippen LogP contribution is -2.28. The van der Waals surface area contributed by atoms with Crippen molar-refractivity contribution in [2.24, 2.45) is 5.92 Å². The highest BCUT2D eigenvalue weighted by molar-refractivity contribution is 8.36. The molecule has 0 aromatic heterocycles. The fourth-order valence-electron chi connectivity index (χ4n) is 4.73. The smallest absolute Gasteiger partial charge is 0.0325 e. The van der Waals surface area contributed by atoms with E-state index in [4.69, 9.17) is 0 Å². The first-order chi connectivity index (χ1) is 12.2. The molecule has 1 aromatic carbocycles. The van der Waals surface area contributed by atoms with Crippen molar-refractivity contribution < 1.29 is 0 Å². The molecule has 3 rings (SSSR count). The number of hydrogen-bond acceptors (Lipinski definition) is 1. The third-order valence-corrected chi connectivity index (χ3v) is 10.2. The van der Waals surface area contributed by atoms with Crippen molar-refractivity contribution in [1.29, 1.82) is 0 Å². The zero-order chi connectivity index (χ0) is 17.7. The van der Waals surface area contributed by atoms with Crippen LogP contribution in [0.25, 0.3) is 0 Å². The minimum atomic E-state index is -1.05. The molecule has 1 saturated carbocycles. The second kappa shape index (κ2) is 8.60. The van der Waals surface area contributed by atoms with Gasteiger partial charge in [0.2, 0.25) is 0 Å². The third-order valence-electron chi connectivity index (χ3n) is 6.03. The Balaban J connectivity index is 2.00. The van der Waals surface area contributed by atoms with Crippen molar-refractivity contribution in [1.82, 2.24) is 4.31 Å². The van der Waals surface area contributed by atoms with Crippen LogP contribution in [0.2, 0.25) is 0 Å². The number of hydrogen-bond donors (Lipinski definition) is 0. The Hall–Kier alpha value is -0.990. The molecule has 2 atom stereocenters. The topological polar surface area (TPSA) is 3.24 Å². The molecular weight excluding hydrogens is 322 g/mol. The van der Waals surface area contributed by atoms with Gasteiger partial charge in [0.15, 0.2) is 0 Å². The summed E-state index contributed by atoms with van der Waals surface area (Å²) in [5, 5.41) is 5.95. The number of nitrogens with zero attached hydrogens (tertiary/aromatic N) is 1. The van der Waals surface area contributed by atoms with Gasteiger partial charge in [-0.05, 0) is 47.1 Å². The molecule has 0 bridgehead atoms. The standard InChI is InChI=1S/C23H35NS/c1-4-23(21-15-11-8-12-16-21)25(24(5-2)6-3)18-17-22(19-25)20-13-9-7-10-14-20/h8,11-12,15-20,23H,4-7,9-10,13-14H2,1-3H3. The van der Waals surface area contributed by atoms with Crippen LogP contribution in [-0.4, -0.2) is 17.4 Å². The summed E-state index contributed by atoms with van der Waals surface area (Å²) in [7, 11) is -1.05. The lowest BCUT2D eigenvalue weighted by molar-refractivity contribution is 0.409. The van der Waals surface area contributed by atoms with Gasteiger partial charge >= 0.3 is 0 Å². The van der Waals surface area contributed by atoms with Crippen LogP contribution in [0.5, 0.6) is 0 Å². The van der Waals surface area contributed by atoms with Crippen LogP contribution in [0.3, 0.4) is 0 Å². The summed E-state index contributed by atoms with van der Waals surface area (Å²) in [6.07, 6.45) is 10.8. The maximum Gasteiger partial charge on any atom is 0.0325 e. The Kier molecular flexibility index (Phi) is 6.46. The molecule has 1 aromatic rings. The van der Waals surface area contributed by atoms with Gasteiger partial charge in [0.25, 0.3) is 0 Å². The van der Waals surface area contributed by atoms with Crippen LogP contribution in [-0.2, 0) is 0 Å². The minimum absolute atomic E-state index is 0.603. The number of rotatable bonds is 7. The summed E-state index contributed by atoms with van der Waals surface area (Å²) in [5.74, 6) is 0.809. The van der Waals surface area contributed by atoms with E-state index in [0.717, 1.165) is 19.0 Å². The van der Waals surface area contributed by atoms with E-state index in [-0.39, 0.29) is 0 Å². The molecule has 0 saturated heterocycles. The molecular formula is C23H35NS. The summed E-state index contributed by atoms with van der Waals surface area (Å²) in [4.78, 5) is 0. The van der Waals surface area contributed by atoms with Crippen LogP contribution >= 0.6 is 10.2 Å². The first-order valence-corrected chi connectivity index (χ1v) is 12.0. The second-order valence-electron chi connectivity index (χ2n) is 7.40. The van der Waals surface area contributed by atoms with Gasteiger partial charge in [-0.1, -0.05) is 76.4 Å². The van der Waals surface area contributed by atoms with Crippen molar-refractivity contribution in [3.63, 3.8) is 0 Å². The van der Waals surface area contributed by atoms with Crippen molar-refractivity contribution >= 4 is 10.2 Å². The molecule has 0 spiro atoms. The quantitative estimate of drug-likeness (QED) is 0.499. The molecule has 25 heavy (non-hydrogen) atoms. The molecule has 0 amide bonds. The monoisotopic (exact) mass is 357 g/mol. The van der Waals surface area contributed by atoms with Gasteiger partial charge in [0.05, 0.1) is 0 Å². The molecule has 1 aliphatic carbocycles. The summed E-state index contributed by atoms with van der Waals surface area (Å²) in [6, 6.07) is 11.2. The molecule has 138 valence electrons. The normalized spacial score (nSPS) is 27.9. The second-order valence-corrected chi connectivity index (χ2v) is 10.4. The Labute approximate surface area is 156 Å². The summed E-state index contributed by atoms with van der Waals surface area (Å²) in [5.41, 5.74) is 3.16. The third kappa shape index (κ3) is 3.75. The summed E-state index contributed by atoms with van der Waals surface area (Å²) in [6.45, 7) is 9.30. The van der Waals surface area contributed by atoms with E-state index in [9.17, 15) is 0 Å². The fraction of sp³-hybridized carbons (Fsp3) is 0.565. The Morgan fingerprint density at radius 1 is 1.00 bits per heavy atom. The van der Waals surface area contributed by atoms with Gasteiger partial charge in [0, 0.05) is 18.3 Å². The molecule has 1 aliphatic heterocycles. The highest BCUT2D eigenvalue weighted by Crippen LogP contribution is 2.69. The van der Waals surface area contributed by atoms with E-state index in [1.165, 1.54) is 44.1 Å². The Bertz CT molecular complexity index is 596.